The lowest BCUT2D eigenvalue weighted by Crippen LogP contribution is -2.17. The predicted molar refractivity (Wildman–Crippen MR) is 52.0 cm³/mol. The number of nitrogen functional groups attached to an aromatic ring is 1. The van der Waals surface area contributed by atoms with Crippen molar-refractivity contribution in [3.05, 3.63) is 23.9 Å². The topological polar surface area (TPSA) is 38.9 Å². The highest BCUT2D eigenvalue weighted by molar-refractivity contribution is 5.31. The van der Waals surface area contributed by atoms with E-state index in [2.05, 4.69) is 25.8 Å². The number of nitrogens with zero attached hydrogens (tertiary/aromatic N) is 1. The smallest absolute Gasteiger partial charge is 0.123 e. The summed E-state index contributed by atoms with van der Waals surface area (Å²) in [7, 11) is 0. The maximum absolute atomic E-state index is 5.60. The molecule has 0 fully saturated rings. The molecule has 2 N–H and O–H groups in total. The van der Waals surface area contributed by atoms with Crippen LogP contribution in [-0.4, -0.2) is 4.98 Å². The van der Waals surface area contributed by atoms with E-state index in [1.807, 2.05) is 18.2 Å². The summed E-state index contributed by atoms with van der Waals surface area (Å²) in [5.41, 5.74) is 6.81. The van der Waals surface area contributed by atoms with Crippen molar-refractivity contribution < 1.29 is 0 Å². The molecule has 0 saturated heterocycles. The van der Waals surface area contributed by atoms with Gasteiger partial charge in [0.25, 0.3) is 0 Å². The quantitative estimate of drug-likeness (QED) is 0.728. The van der Waals surface area contributed by atoms with Crippen molar-refractivity contribution >= 4 is 5.82 Å². The van der Waals surface area contributed by atoms with Crippen molar-refractivity contribution in [1.29, 1.82) is 0 Å². The molecule has 0 unspecified atom stereocenters. The van der Waals surface area contributed by atoms with Crippen molar-refractivity contribution in [3.8, 4) is 0 Å². The van der Waals surface area contributed by atoms with E-state index in [-0.39, 0.29) is 5.41 Å². The van der Waals surface area contributed by atoms with Gasteiger partial charge in [-0.2, -0.15) is 0 Å². The Morgan fingerprint density at radius 1 is 1.42 bits per heavy atom. The number of nitrogens with two attached hydrogens (primary N) is 1. The van der Waals surface area contributed by atoms with Gasteiger partial charge in [-0.1, -0.05) is 26.8 Å². The molecule has 0 bridgehead atoms. The lowest BCUT2D eigenvalue weighted by molar-refractivity contribution is 0.491. The molecule has 0 aliphatic rings. The summed E-state index contributed by atoms with van der Waals surface area (Å²) in [4.78, 5) is 4.29. The first-order valence-corrected chi connectivity index (χ1v) is 4.29. The Hall–Kier alpha value is -1.05. The fourth-order valence-corrected chi connectivity index (χ4v) is 1.01. The van der Waals surface area contributed by atoms with Gasteiger partial charge in [0.15, 0.2) is 0 Å². The highest BCUT2D eigenvalue weighted by atomic mass is 14.8. The van der Waals surface area contributed by atoms with Crippen LogP contribution in [0.25, 0.3) is 0 Å². The molecule has 0 radical (unpaired) electrons. The minimum Gasteiger partial charge on any atom is -0.384 e. The largest absolute Gasteiger partial charge is 0.384 e. The van der Waals surface area contributed by atoms with E-state index in [0.29, 0.717) is 5.82 Å². The third-order valence-corrected chi connectivity index (χ3v) is 2.35. The van der Waals surface area contributed by atoms with Crippen LogP contribution in [0.4, 0.5) is 5.82 Å². The van der Waals surface area contributed by atoms with Crippen LogP contribution in [0.15, 0.2) is 18.2 Å². The molecule has 1 aromatic rings. The zero-order chi connectivity index (χ0) is 9.19. The molecular weight excluding hydrogens is 148 g/mol. The average molecular weight is 164 g/mol. The number of anilines is 1. The van der Waals surface area contributed by atoms with Crippen LogP contribution in [0.2, 0.25) is 0 Å². The fourth-order valence-electron chi connectivity index (χ4n) is 1.01. The van der Waals surface area contributed by atoms with E-state index in [0.717, 1.165) is 12.1 Å². The van der Waals surface area contributed by atoms with Gasteiger partial charge in [0, 0.05) is 11.1 Å². The second kappa shape index (κ2) is 3.13. The second-order valence-corrected chi connectivity index (χ2v) is 3.69. The first-order chi connectivity index (χ1) is 5.56. The average Bonchev–Trinajstić information content (AvgIpc) is 2.05. The highest BCUT2D eigenvalue weighted by Gasteiger charge is 2.19. The zero-order valence-electron chi connectivity index (χ0n) is 7.96. The van der Waals surface area contributed by atoms with Crippen LogP contribution in [0.3, 0.4) is 0 Å². The first-order valence-electron chi connectivity index (χ1n) is 4.29. The van der Waals surface area contributed by atoms with Gasteiger partial charge in [0.1, 0.15) is 5.82 Å². The number of rotatable bonds is 2. The van der Waals surface area contributed by atoms with Crippen LogP contribution in [0, 0.1) is 0 Å². The Bertz CT molecular complexity index is 266. The minimum absolute atomic E-state index is 0.134. The van der Waals surface area contributed by atoms with Crippen molar-refractivity contribution in [1.82, 2.24) is 4.98 Å². The van der Waals surface area contributed by atoms with E-state index in [4.69, 9.17) is 5.73 Å². The first kappa shape index (κ1) is 9.04. The Morgan fingerprint density at radius 2 is 2.08 bits per heavy atom. The van der Waals surface area contributed by atoms with Crippen molar-refractivity contribution in [2.45, 2.75) is 32.6 Å². The molecule has 1 heterocycles. The molecule has 1 rings (SSSR count). The van der Waals surface area contributed by atoms with E-state index in [1.54, 1.807) is 0 Å². The standard InChI is InChI=1S/C10H16N2/c1-4-10(2,3)8-6-5-7-9(11)12-8/h5-7H,4H2,1-3H3,(H2,11,12). The highest BCUT2D eigenvalue weighted by Crippen LogP contribution is 2.24. The number of hydrogen-bond acceptors (Lipinski definition) is 2. The molecule has 0 aromatic carbocycles. The molecule has 1 aromatic heterocycles. The molecule has 0 spiro atoms. The molecule has 0 aliphatic heterocycles. The lowest BCUT2D eigenvalue weighted by atomic mass is 9.86. The van der Waals surface area contributed by atoms with Crippen LogP contribution < -0.4 is 5.73 Å². The normalized spacial score (nSPS) is 11.6. The van der Waals surface area contributed by atoms with Crippen molar-refractivity contribution in [2.75, 3.05) is 5.73 Å². The summed E-state index contributed by atoms with van der Waals surface area (Å²) in [5, 5.41) is 0. The molecule has 0 aliphatic carbocycles. The molecule has 0 saturated carbocycles. The summed E-state index contributed by atoms with van der Waals surface area (Å²) in [6, 6.07) is 5.80. The molecule has 0 atom stereocenters. The summed E-state index contributed by atoms with van der Waals surface area (Å²) >= 11 is 0. The van der Waals surface area contributed by atoms with Gasteiger partial charge in [0.05, 0.1) is 0 Å². The van der Waals surface area contributed by atoms with Crippen molar-refractivity contribution in [2.24, 2.45) is 0 Å². The number of hydrogen-bond donors (Lipinski definition) is 1. The minimum atomic E-state index is 0.134. The van der Waals surface area contributed by atoms with Gasteiger partial charge in [-0.25, -0.2) is 4.98 Å². The monoisotopic (exact) mass is 164 g/mol. The Balaban J connectivity index is 3.03. The van der Waals surface area contributed by atoms with Gasteiger partial charge in [-0.3, -0.25) is 0 Å². The summed E-state index contributed by atoms with van der Waals surface area (Å²) in [6.45, 7) is 6.51. The maximum Gasteiger partial charge on any atom is 0.123 e. The van der Waals surface area contributed by atoms with Gasteiger partial charge >= 0.3 is 0 Å². The molecule has 0 amide bonds. The van der Waals surface area contributed by atoms with E-state index >= 15 is 0 Å². The lowest BCUT2D eigenvalue weighted by Gasteiger charge is -2.21. The third kappa shape index (κ3) is 1.76. The Kier molecular flexibility index (Phi) is 2.36. The maximum atomic E-state index is 5.60. The van der Waals surface area contributed by atoms with E-state index in [9.17, 15) is 0 Å². The second-order valence-electron chi connectivity index (χ2n) is 3.69. The molecule has 2 nitrogen and oxygen atoms in total. The van der Waals surface area contributed by atoms with Crippen LogP contribution in [0.5, 0.6) is 0 Å². The molecule has 12 heavy (non-hydrogen) atoms. The van der Waals surface area contributed by atoms with Crippen LogP contribution in [0.1, 0.15) is 32.9 Å². The van der Waals surface area contributed by atoms with Gasteiger partial charge in [-0.15, -0.1) is 0 Å². The molecule has 66 valence electrons. The van der Waals surface area contributed by atoms with Gasteiger partial charge < -0.3 is 5.73 Å². The van der Waals surface area contributed by atoms with Gasteiger partial charge in [-0.05, 0) is 18.6 Å². The Morgan fingerprint density at radius 3 is 2.58 bits per heavy atom. The van der Waals surface area contributed by atoms with Crippen LogP contribution in [-0.2, 0) is 5.41 Å². The Labute approximate surface area is 73.8 Å². The number of aromatic nitrogens is 1. The van der Waals surface area contributed by atoms with Crippen molar-refractivity contribution in [3.63, 3.8) is 0 Å². The molecule has 2 heteroatoms. The zero-order valence-corrected chi connectivity index (χ0v) is 7.96. The predicted octanol–water partition coefficient (Wildman–Crippen LogP) is 2.35. The third-order valence-electron chi connectivity index (χ3n) is 2.35. The fraction of sp³-hybridized carbons (Fsp3) is 0.500. The van der Waals surface area contributed by atoms with E-state index in [1.165, 1.54) is 0 Å². The van der Waals surface area contributed by atoms with Crippen LogP contribution >= 0.6 is 0 Å². The summed E-state index contributed by atoms with van der Waals surface area (Å²) in [6.07, 6.45) is 1.07. The van der Waals surface area contributed by atoms with E-state index < -0.39 is 0 Å². The summed E-state index contributed by atoms with van der Waals surface area (Å²) in [5.74, 6) is 0.606. The summed E-state index contributed by atoms with van der Waals surface area (Å²) < 4.78 is 0. The molecular formula is C10H16N2. The van der Waals surface area contributed by atoms with Gasteiger partial charge in [0.2, 0.25) is 0 Å². The number of pyridine rings is 1. The SMILES string of the molecule is CCC(C)(C)c1cccc(N)n1.